The highest BCUT2D eigenvalue weighted by atomic mass is 19.1. The Morgan fingerprint density at radius 3 is 2.33 bits per heavy atom. The van der Waals surface area contributed by atoms with E-state index in [9.17, 15) is 8.78 Å². The molecule has 0 radical (unpaired) electrons. The molecule has 0 unspecified atom stereocenters. The predicted octanol–water partition coefficient (Wildman–Crippen LogP) is 4.59. The molecule has 0 atom stereocenters. The number of hydrogen-bond acceptors (Lipinski definition) is 3. The third-order valence-electron chi connectivity index (χ3n) is 2.85. The van der Waals surface area contributed by atoms with Crippen LogP contribution in [0, 0.1) is 25.5 Å². The highest BCUT2D eigenvalue weighted by molar-refractivity contribution is 5.42. The summed E-state index contributed by atoms with van der Waals surface area (Å²) in [5, 5.41) is 2.81. The summed E-state index contributed by atoms with van der Waals surface area (Å²) in [6.07, 6.45) is 0.811. The van der Waals surface area contributed by atoms with Gasteiger partial charge in [-0.15, -0.1) is 0 Å². The van der Waals surface area contributed by atoms with Gasteiger partial charge in [0.2, 0.25) is 0 Å². The van der Waals surface area contributed by atoms with E-state index >= 15 is 0 Å². The first-order valence-corrected chi connectivity index (χ1v) is 6.85. The molecule has 2 aromatic rings. The molecule has 5 heteroatoms. The van der Waals surface area contributed by atoms with Crippen LogP contribution in [0.2, 0.25) is 0 Å². The number of hydrogen-bond donors (Lipinski definition) is 1. The van der Waals surface area contributed by atoms with E-state index in [-0.39, 0.29) is 11.7 Å². The summed E-state index contributed by atoms with van der Waals surface area (Å²) in [4.78, 5) is 3.88. The summed E-state index contributed by atoms with van der Waals surface area (Å²) in [5.41, 5.74) is 1.99. The molecule has 2 rings (SSSR count). The van der Waals surface area contributed by atoms with E-state index in [0.717, 1.165) is 23.6 Å². The molecule has 0 saturated carbocycles. The van der Waals surface area contributed by atoms with E-state index in [1.54, 1.807) is 12.1 Å². The van der Waals surface area contributed by atoms with Gasteiger partial charge >= 0.3 is 0 Å². The quantitative estimate of drug-likeness (QED) is 0.875. The Morgan fingerprint density at radius 2 is 1.71 bits per heavy atom. The fourth-order valence-corrected chi connectivity index (χ4v) is 1.99. The van der Waals surface area contributed by atoms with E-state index in [2.05, 4.69) is 10.3 Å². The van der Waals surface area contributed by atoms with Crippen molar-refractivity contribution >= 4 is 5.82 Å². The van der Waals surface area contributed by atoms with Crippen LogP contribution in [-0.4, -0.2) is 11.5 Å². The third-order valence-corrected chi connectivity index (χ3v) is 2.85. The van der Waals surface area contributed by atoms with Gasteiger partial charge in [0, 0.05) is 12.6 Å². The molecule has 0 bridgehead atoms. The number of nitrogens with zero attached hydrogens (tertiary/aromatic N) is 1. The summed E-state index contributed by atoms with van der Waals surface area (Å²) < 4.78 is 32.8. The molecule has 0 saturated heterocycles. The number of rotatable bonds is 5. The SMILES string of the molecule is CCCNc1nc(Oc2cc(C)cc(C)c2)c(F)cc1F. The molecule has 0 spiro atoms. The van der Waals surface area contributed by atoms with Gasteiger partial charge in [0.25, 0.3) is 5.88 Å². The van der Waals surface area contributed by atoms with Gasteiger partial charge in [0.15, 0.2) is 17.5 Å². The first-order chi connectivity index (χ1) is 9.99. The second kappa shape index (κ2) is 6.52. The van der Waals surface area contributed by atoms with Gasteiger partial charge in [-0.1, -0.05) is 13.0 Å². The maximum absolute atomic E-state index is 13.8. The largest absolute Gasteiger partial charge is 0.436 e. The molecule has 1 heterocycles. The monoisotopic (exact) mass is 292 g/mol. The third kappa shape index (κ3) is 3.90. The Bertz CT molecular complexity index is 624. The summed E-state index contributed by atoms with van der Waals surface area (Å²) in [6, 6.07) is 6.31. The number of halogens is 2. The molecule has 1 aromatic heterocycles. The van der Waals surface area contributed by atoms with Gasteiger partial charge in [-0.05, 0) is 43.5 Å². The molecule has 0 aliphatic rings. The Kier molecular flexibility index (Phi) is 4.73. The van der Waals surface area contributed by atoms with Crippen LogP contribution in [0.5, 0.6) is 11.6 Å². The van der Waals surface area contributed by atoms with E-state index in [1.165, 1.54) is 0 Å². The van der Waals surface area contributed by atoms with Crippen molar-refractivity contribution in [1.82, 2.24) is 4.98 Å². The van der Waals surface area contributed by atoms with Gasteiger partial charge in [0.05, 0.1) is 0 Å². The standard InChI is InChI=1S/C16H18F2N2O/c1-4-5-19-15-13(17)9-14(18)16(20-15)21-12-7-10(2)6-11(3)8-12/h6-9H,4-5H2,1-3H3,(H,19,20). The lowest BCUT2D eigenvalue weighted by atomic mass is 10.1. The van der Waals surface area contributed by atoms with Crippen molar-refractivity contribution in [1.29, 1.82) is 0 Å². The summed E-state index contributed by atoms with van der Waals surface area (Å²) in [7, 11) is 0. The molecule has 21 heavy (non-hydrogen) atoms. The minimum Gasteiger partial charge on any atom is -0.436 e. The van der Waals surface area contributed by atoms with Crippen LogP contribution >= 0.6 is 0 Å². The summed E-state index contributed by atoms with van der Waals surface area (Å²) >= 11 is 0. The number of aryl methyl sites for hydroxylation is 2. The Hall–Kier alpha value is -2.17. The van der Waals surface area contributed by atoms with Gasteiger partial charge in [-0.3, -0.25) is 0 Å². The molecule has 3 nitrogen and oxygen atoms in total. The van der Waals surface area contributed by atoms with Crippen LogP contribution in [0.25, 0.3) is 0 Å². The van der Waals surface area contributed by atoms with Gasteiger partial charge in [-0.2, -0.15) is 4.98 Å². The zero-order valence-corrected chi connectivity index (χ0v) is 12.3. The van der Waals surface area contributed by atoms with Crippen molar-refractivity contribution in [3.63, 3.8) is 0 Å². The fourth-order valence-electron chi connectivity index (χ4n) is 1.99. The van der Waals surface area contributed by atoms with Crippen LogP contribution in [-0.2, 0) is 0 Å². The van der Waals surface area contributed by atoms with Crippen molar-refractivity contribution in [2.24, 2.45) is 0 Å². The van der Waals surface area contributed by atoms with Crippen LogP contribution in [0.4, 0.5) is 14.6 Å². The van der Waals surface area contributed by atoms with Gasteiger partial charge < -0.3 is 10.1 Å². The first-order valence-electron chi connectivity index (χ1n) is 6.85. The zero-order valence-electron chi connectivity index (χ0n) is 12.3. The number of ether oxygens (including phenoxy) is 1. The molecule has 0 aliphatic heterocycles. The number of aromatic nitrogens is 1. The average molecular weight is 292 g/mol. The highest BCUT2D eigenvalue weighted by Gasteiger charge is 2.14. The Labute approximate surface area is 123 Å². The Morgan fingerprint density at radius 1 is 1.05 bits per heavy atom. The lowest BCUT2D eigenvalue weighted by Gasteiger charge is -2.11. The first kappa shape index (κ1) is 15.2. The molecule has 1 aromatic carbocycles. The van der Waals surface area contributed by atoms with E-state index in [1.807, 2.05) is 26.8 Å². The number of anilines is 1. The topological polar surface area (TPSA) is 34.2 Å². The molecular formula is C16H18F2N2O. The van der Waals surface area contributed by atoms with Crippen LogP contribution < -0.4 is 10.1 Å². The van der Waals surface area contributed by atoms with Crippen molar-refractivity contribution in [2.45, 2.75) is 27.2 Å². The minimum atomic E-state index is -0.825. The predicted molar refractivity (Wildman–Crippen MR) is 78.9 cm³/mol. The van der Waals surface area contributed by atoms with E-state index < -0.39 is 11.6 Å². The minimum absolute atomic E-state index is 0.00220. The second-order valence-corrected chi connectivity index (χ2v) is 4.96. The smallest absolute Gasteiger partial charge is 0.258 e. The fraction of sp³-hybridized carbons (Fsp3) is 0.312. The molecule has 1 N–H and O–H groups in total. The van der Waals surface area contributed by atoms with Crippen LogP contribution in [0.15, 0.2) is 24.3 Å². The Balaban J connectivity index is 2.30. The molecule has 0 fully saturated rings. The maximum Gasteiger partial charge on any atom is 0.258 e. The maximum atomic E-state index is 13.8. The van der Waals surface area contributed by atoms with Gasteiger partial charge in [0.1, 0.15) is 5.75 Å². The molecular weight excluding hydrogens is 274 g/mol. The van der Waals surface area contributed by atoms with Crippen LogP contribution in [0.3, 0.4) is 0 Å². The lowest BCUT2D eigenvalue weighted by molar-refractivity contribution is 0.417. The van der Waals surface area contributed by atoms with E-state index in [4.69, 9.17) is 4.74 Å². The number of pyridine rings is 1. The molecule has 0 aliphatic carbocycles. The summed E-state index contributed by atoms with van der Waals surface area (Å²) in [5.74, 6) is -1.31. The normalized spacial score (nSPS) is 10.5. The van der Waals surface area contributed by atoms with Gasteiger partial charge in [-0.25, -0.2) is 8.78 Å². The number of nitrogens with one attached hydrogen (secondary N) is 1. The number of benzene rings is 1. The van der Waals surface area contributed by atoms with Crippen molar-refractivity contribution < 1.29 is 13.5 Å². The van der Waals surface area contributed by atoms with E-state index in [0.29, 0.717) is 12.3 Å². The summed E-state index contributed by atoms with van der Waals surface area (Å²) in [6.45, 7) is 6.34. The highest BCUT2D eigenvalue weighted by Crippen LogP contribution is 2.27. The van der Waals surface area contributed by atoms with Crippen molar-refractivity contribution in [2.75, 3.05) is 11.9 Å². The zero-order chi connectivity index (χ0) is 15.4. The average Bonchev–Trinajstić information content (AvgIpc) is 2.39. The second-order valence-electron chi connectivity index (χ2n) is 4.96. The lowest BCUT2D eigenvalue weighted by Crippen LogP contribution is -2.06. The van der Waals surface area contributed by atoms with Crippen molar-refractivity contribution in [3.05, 3.63) is 47.0 Å². The molecule has 112 valence electrons. The van der Waals surface area contributed by atoms with Crippen molar-refractivity contribution in [3.8, 4) is 11.6 Å². The van der Waals surface area contributed by atoms with Crippen LogP contribution in [0.1, 0.15) is 24.5 Å². The molecule has 0 amide bonds.